The number of aryl methyl sites for hydroxylation is 1. The molecule has 0 spiro atoms. The molecule has 3 nitrogen and oxygen atoms in total. The smallest absolute Gasteiger partial charge is 0.330 e. The van der Waals surface area contributed by atoms with Crippen molar-refractivity contribution in [3.05, 3.63) is 34.9 Å². The van der Waals surface area contributed by atoms with E-state index in [0.29, 0.717) is 0 Å². The van der Waals surface area contributed by atoms with E-state index >= 15 is 0 Å². The first-order valence-corrected chi connectivity index (χ1v) is 5.86. The van der Waals surface area contributed by atoms with E-state index in [1.165, 1.54) is 23.8 Å². The predicted molar refractivity (Wildman–Crippen MR) is 64.0 cm³/mol. The monoisotopic (exact) mass is 230 g/mol. The molecule has 0 N–H and O–H groups in total. The van der Waals surface area contributed by atoms with E-state index in [9.17, 15) is 4.79 Å². The van der Waals surface area contributed by atoms with Gasteiger partial charge in [-0.25, -0.2) is 4.79 Å². The third-order valence-corrected chi connectivity index (χ3v) is 3.44. The van der Waals surface area contributed by atoms with Gasteiger partial charge in [0.05, 0.1) is 13.7 Å². The highest BCUT2D eigenvalue weighted by Crippen LogP contribution is 2.41. The molecule has 0 aromatic heterocycles. The van der Waals surface area contributed by atoms with Crippen LogP contribution in [0.5, 0.6) is 5.75 Å². The predicted octanol–water partition coefficient (Wildman–Crippen LogP) is 2.12. The number of carbonyl (C=O) groups is 1. The summed E-state index contributed by atoms with van der Waals surface area (Å²) in [6.45, 7) is 0.747. The van der Waals surface area contributed by atoms with Crippen LogP contribution in [0.2, 0.25) is 0 Å². The van der Waals surface area contributed by atoms with E-state index in [1.807, 2.05) is 6.07 Å². The van der Waals surface area contributed by atoms with Crippen molar-refractivity contribution in [3.8, 4) is 5.75 Å². The fraction of sp³-hybridized carbons (Fsp3) is 0.357. The maximum atomic E-state index is 11.3. The lowest BCUT2D eigenvalue weighted by Gasteiger charge is -2.07. The molecule has 88 valence electrons. The van der Waals surface area contributed by atoms with Gasteiger partial charge >= 0.3 is 5.97 Å². The Kier molecular flexibility index (Phi) is 2.39. The highest BCUT2D eigenvalue weighted by Gasteiger charge is 2.25. The summed E-state index contributed by atoms with van der Waals surface area (Å²) in [6.07, 6.45) is 4.48. The van der Waals surface area contributed by atoms with Crippen molar-refractivity contribution in [2.45, 2.75) is 19.3 Å². The van der Waals surface area contributed by atoms with Crippen LogP contribution in [0.25, 0.3) is 5.57 Å². The van der Waals surface area contributed by atoms with E-state index in [4.69, 9.17) is 9.47 Å². The number of rotatable bonds is 1. The number of fused-ring (bicyclic) bond motifs is 3. The number of esters is 1. The second-order valence-corrected chi connectivity index (χ2v) is 4.37. The molecule has 0 saturated heterocycles. The zero-order valence-electron chi connectivity index (χ0n) is 9.79. The van der Waals surface area contributed by atoms with Crippen molar-refractivity contribution in [3.63, 3.8) is 0 Å². The average molecular weight is 230 g/mol. The van der Waals surface area contributed by atoms with Crippen LogP contribution in [-0.4, -0.2) is 19.7 Å². The summed E-state index contributed by atoms with van der Waals surface area (Å²) in [5.74, 6) is 0.700. The lowest BCUT2D eigenvalue weighted by molar-refractivity contribution is -0.134. The van der Waals surface area contributed by atoms with E-state index < -0.39 is 0 Å². The molecule has 0 unspecified atom stereocenters. The molecule has 1 aliphatic carbocycles. The van der Waals surface area contributed by atoms with Crippen molar-refractivity contribution in [2.75, 3.05) is 13.7 Å². The Morgan fingerprint density at radius 3 is 3.06 bits per heavy atom. The van der Waals surface area contributed by atoms with Crippen molar-refractivity contribution in [1.82, 2.24) is 0 Å². The van der Waals surface area contributed by atoms with Gasteiger partial charge in [-0.2, -0.15) is 0 Å². The normalized spacial score (nSPS) is 18.8. The highest BCUT2D eigenvalue weighted by molar-refractivity contribution is 5.93. The summed E-state index contributed by atoms with van der Waals surface area (Å²) < 4.78 is 10.3. The molecule has 0 radical (unpaired) electrons. The van der Waals surface area contributed by atoms with Gasteiger partial charge in [-0.1, -0.05) is 6.07 Å². The number of methoxy groups -OCH3 is 1. The molecular weight excluding hydrogens is 216 g/mol. The number of benzene rings is 1. The molecule has 17 heavy (non-hydrogen) atoms. The van der Waals surface area contributed by atoms with Gasteiger partial charge in [0.15, 0.2) is 0 Å². The minimum atomic E-state index is -0.274. The van der Waals surface area contributed by atoms with Gasteiger partial charge in [-0.15, -0.1) is 0 Å². The zero-order valence-corrected chi connectivity index (χ0v) is 9.79. The van der Waals surface area contributed by atoms with Crippen LogP contribution < -0.4 is 4.74 Å². The van der Waals surface area contributed by atoms with Gasteiger partial charge in [0.2, 0.25) is 0 Å². The standard InChI is InChI=1S/C14H14O3/c1-16-13(15)8-10-3-2-9-4-5-12-11(14(9)10)6-7-17-12/h4-5,8H,2-3,6-7H2,1H3. The van der Waals surface area contributed by atoms with Gasteiger partial charge in [-0.05, 0) is 35.6 Å². The first-order valence-electron chi connectivity index (χ1n) is 5.86. The second kappa shape index (κ2) is 3.91. The van der Waals surface area contributed by atoms with Crippen molar-refractivity contribution in [1.29, 1.82) is 0 Å². The van der Waals surface area contributed by atoms with E-state index in [1.54, 1.807) is 6.08 Å². The summed E-state index contributed by atoms with van der Waals surface area (Å²) in [5.41, 5.74) is 4.90. The first-order chi connectivity index (χ1) is 8.29. The lowest BCUT2D eigenvalue weighted by atomic mass is 9.98. The molecule has 0 amide bonds. The summed E-state index contributed by atoms with van der Waals surface area (Å²) in [4.78, 5) is 11.3. The number of hydrogen-bond donors (Lipinski definition) is 0. The second-order valence-electron chi connectivity index (χ2n) is 4.37. The van der Waals surface area contributed by atoms with Crippen molar-refractivity contribution >= 4 is 11.5 Å². The quantitative estimate of drug-likeness (QED) is 0.547. The maximum Gasteiger partial charge on any atom is 0.330 e. The third kappa shape index (κ3) is 1.62. The number of allylic oxidation sites excluding steroid dienone is 1. The first kappa shape index (κ1) is 10.4. The van der Waals surface area contributed by atoms with E-state index in [-0.39, 0.29) is 5.97 Å². The van der Waals surface area contributed by atoms with Crippen LogP contribution in [0.1, 0.15) is 23.1 Å². The number of carbonyl (C=O) groups excluding carboxylic acids is 1. The minimum absolute atomic E-state index is 0.274. The van der Waals surface area contributed by atoms with Gasteiger partial charge in [0.25, 0.3) is 0 Å². The SMILES string of the molecule is COC(=O)C=C1CCc2ccc3c(c21)CCO3. The zero-order chi connectivity index (χ0) is 11.8. The van der Waals surface area contributed by atoms with Gasteiger partial charge in [-0.3, -0.25) is 0 Å². The molecule has 1 heterocycles. The van der Waals surface area contributed by atoms with Crippen molar-refractivity contribution in [2.24, 2.45) is 0 Å². The highest BCUT2D eigenvalue weighted by atomic mass is 16.5. The van der Waals surface area contributed by atoms with Crippen LogP contribution in [0.15, 0.2) is 18.2 Å². The van der Waals surface area contributed by atoms with Crippen LogP contribution >= 0.6 is 0 Å². The Bertz CT molecular complexity index is 514. The van der Waals surface area contributed by atoms with Crippen LogP contribution in [-0.2, 0) is 22.4 Å². The fourth-order valence-corrected chi connectivity index (χ4v) is 2.67. The number of ether oxygens (including phenoxy) is 2. The maximum absolute atomic E-state index is 11.3. The van der Waals surface area contributed by atoms with Crippen LogP contribution in [0.3, 0.4) is 0 Å². The van der Waals surface area contributed by atoms with Crippen LogP contribution in [0.4, 0.5) is 0 Å². The Morgan fingerprint density at radius 1 is 1.35 bits per heavy atom. The summed E-state index contributed by atoms with van der Waals surface area (Å²) >= 11 is 0. The lowest BCUT2D eigenvalue weighted by Crippen LogP contribution is -1.97. The minimum Gasteiger partial charge on any atom is -0.493 e. The van der Waals surface area contributed by atoms with Gasteiger partial charge < -0.3 is 9.47 Å². The molecule has 2 aliphatic rings. The molecule has 0 saturated carbocycles. The Hall–Kier alpha value is -1.77. The topological polar surface area (TPSA) is 35.5 Å². The van der Waals surface area contributed by atoms with E-state index in [2.05, 4.69) is 6.07 Å². The van der Waals surface area contributed by atoms with E-state index in [0.717, 1.165) is 37.2 Å². The third-order valence-electron chi connectivity index (χ3n) is 3.44. The Morgan fingerprint density at radius 2 is 2.24 bits per heavy atom. The molecule has 1 aliphatic heterocycles. The Labute approximate surface area is 100 Å². The fourth-order valence-electron chi connectivity index (χ4n) is 2.67. The van der Waals surface area contributed by atoms with Crippen molar-refractivity contribution < 1.29 is 14.3 Å². The summed E-state index contributed by atoms with van der Waals surface area (Å²) in [5, 5.41) is 0. The summed E-state index contributed by atoms with van der Waals surface area (Å²) in [6, 6.07) is 4.15. The molecule has 1 aromatic carbocycles. The average Bonchev–Trinajstić information content (AvgIpc) is 2.94. The molecule has 1 aromatic rings. The molecule has 0 fully saturated rings. The number of hydrogen-bond acceptors (Lipinski definition) is 3. The molecular formula is C14H14O3. The van der Waals surface area contributed by atoms with Gasteiger partial charge in [0, 0.05) is 18.1 Å². The van der Waals surface area contributed by atoms with Gasteiger partial charge in [0.1, 0.15) is 5.75 Å². The molecule has 0 bridgehead atoms. The molecule has 0 atom stereocenters. The van der Waals surface area contributed by atoms with Crippen LogP contribution in [0, 0.1) is 0 Å². The largest absolute Gasteiger partial charge is 0.493 e. The molecule has 3 rings (SSSR count). The summed E-state index contributed by atoms with van der Waals surface area (Å²) in [7, 11) is 1.41. The Balaban J connectivity index is 2.10. The molecule has 3 heteroatoms.